The highest BCUT2D eigenvalue weighted by atomic mass is 32.2. The minimum absolute atomic E-state index is 0.0585. The molecule has 8 heteroatoms. The average molecular weight is 406 g/mol. The molecule has 1 saturated heterocycles. The van der Waals surface area contributed by atoms with Crippen molar-refractivity contribution in [2.75, 3.05) is 19.6 Å². The second-order valence-electron chi connectivity index (χ2n) is 8.08. The molecule has 0 N–H and O–H groups in total. The second-order valence-corrected chi connectivity index (χ2v) is 9.89. The van der Waals surface area contributed by atoms with Crippen LogP contribution in [0.3, 0.4) is 0 Å². The Morgan fingerprint density at radius 3 is 2.61 bits per heavy atom. The molecule has 2 aromatic rings. The molecule has 152 valence electrons. The summed E-state index contributed by atoms with van der Waals surface area (Å²) in [4.78, 5) is 18.2. The van der Waals surface area contributed by atoms with Crippen LogP contribution in [0.25, 0.3) is 10.8 Å². The first-order valence-electron chi connectivity index (χ1n) is 9.43. The molecule has 2 heterocycles. The Kier molecular flexibility index (Phi) is 5.63. The maximum Gasteiger partial charge on any atom is 0.410 e. The van der Waals surface area contributed by atoms with E-state index in [9.17, 15) is 13.2 Å². The largest absolute Gasteiger partial charge is 0.444 e. The Bertz CT molecular complexity index is 964. The quantitative estimate of drug-likeness (QED) is 0.766. The van der Waals surface area contributed by atoms with Crippen LogP contribution in [-0.2, 0) is 14.8 Å². The molecule has 1 fully saturated rings. The van der Waals surface area contributed by atoms with Gasteiger partial charge in [-0.2, -0.15) is 4.31 Å². The molecule has 3 rings (SSSR count). The zero-order valence-electron chi connectivity index (χ0n) is 16.8. The minimum atomic E-state index is -3.80. The van der Waals surface area contributed by atoms with Crippen molar-refractivity contribution in [3.05, 3.63) is 36.5 Å². The van der Waals surface area contributed by atoms with Crippen molar-refractivity contribution in [1.82, 2.24) is 14.2 Å². The molecule has 0 radical (unpaired) electrons. The van der Waals surface area contributed by atoms with Crippen LogP contribution in [0.5, 0.6) is 0 Å². The van der Waals surface area contributed by atoms with E-state index in [0.717, 1.165) is 5.39 Å². The molecule has 1 aromatic carbocycles. The van der Waals surface area contributed by atoms with E-state index in [4.69, 9.17) is 4.74 Å². The molecule has 0 saturated carbocycles. The molecule has 0 bridgehead atoms. The lowest BCUT2D eigenvalue weighted by molar-refractivity contribution is 0.0244. The van der Waals surface area contributed by atoms with Gasteiger partial charge in [-0.15, -0.1) is 0 Å². The lowest BCUT2D eigenvalue weighted by Crippen LogP contribution is -2.45. The van der Waals surface area contributed by atoms with E-state index >= 15 is 0 Å². The van der Waals surface area contributed by atoms with E-state index in [1.807, 2.05) is 39.8 Å². The van der Waals surface area contributed by atoms with Gasteiger partial charge in [0.1, 0.15) is 5.60 Å². The molecule has 1 aromatic heterocycles. The van der Waals surface area contributed by atoms with Crippen LogP contribution in [0.4, 0.5) is 4.79 Å². The summed E-state index contributed by atoms with van der Waals surface area (Å²) < 4.78 is 33.7. The zero-order chi connectivity index (χ0) is 20.5. The lowest BCUT2D eigenvalue weighted by Gasteiger charge is -2.29. The topological polar surface area (TPSA) is 79.8 Å². The normalized spacial score (nSPS) is 19.4. The molecule has 28 heavy (non-hydrogen) atoms. The predicted molar refractivity (Wildman–Crippen MR) is 108 cm³/mol. The number of carbonyl (C=O) groups excluding carboxylic acids is 1. The SMILES string of the molecule is CC1CN(C(=O)OC(C)(C)C)CCCN1S(=O)(=O)c1nccc2ccccc12. The molecule has 1 aliphatic heterocycles. The summed E-state index contributed by atoms with van der Waals surface area (Å²) >= 11 is 0. The van der Waals surface area contributed by atoms with Crippen molar-refractivity contribution in [1.29, 1.82) is 0 Å². The number of hydrogen-bond acceptors (Lipinski definition) is 5. The first-order valence-corrected chi connectivity index (χ1v) is 10.9. The molecule has 0 aliphatic carbocycles. The smallest absolute Gasteiger partial charge is 0.410 e. The molecule has 1 aliphatic rings. The van der Waals surface area contributed by atoms with E-state index < -0.39 is 21.7 Å². The third-order valence-corrected chi connectivity index (χ3v) is 6.60. The molecule has 7 nitrogen and oxygen atoms in total. The van der Waals surface area contributed by atoms with Crippen molar-refractivity contribution in [3.8, 4) is 0 Å². The van der Waals surface area contributed by atoms with Crippen LogP contribution in [0.2, 0.25) is 0 Å². The Morgan fingerprint density at radius 1 is 1.18 bits per heavy atom. The standard InChI is InChI=1S/C20H27N3O4S/c1-15-14-22(19(24)27-20(2,3)4)12-7-13-23(15)28(25,26)18-17-9-6-5-8-16(17)10-11-21-18/h5-6,8-11,15H,7,12-14H2,1-4H3. The summed E-state index contributed by atoms with van der Waals surface area (Å²) in [7, 11) is -3.80. The van der Waals surface area contributed by atoms with Gasteiger partial charge in [0.25, 0.3) is 10.0 Å². The highest BCUT2D eigenvalue weighted by Gasteiger charge is 2.36. The number of sulfonamides is 1. The first kappa shape index (κ1) is 20.5. The summed E-state index contributed by atoms with van der Waals surface area (Å²) in [5.41, 5.74) is -0.592. The maximum atomic E-state index is 13.4. The van der Waals surface area contributed by atoms with E-state index in [1.165, 1.54) is 10.5 Å². The van der Waals surface area contributed by atoms with Crippen molar-refractivity contribution in [3.63, 3.8) is 0 Å². The van der Waals surface area contributed by atoms with Crippen LogP contribution in [0.15, 0.2) is 41.6 Å². The van der Waals surface area contributed by atoms with Crippen molar-refractivity contribution >= 4 is 26.9 Å². The summed E-state index contributed by atoms with van der Waals surface area (Å²) in [5, 5.41) is 1.49. The number of aromatic nitrogens is 1. The second kappa shape index (κ2) is 7.67. The fourth-order valence-electron chi connectivity index (χ4n) is 3.40. The third kappa shape index (κ3) is 4.28. The molecule has 1 unspecified atom stereocenters. The average Bonchev–Trinajstić information content (AvgIpc) is 2.82. The van der Waals surface area contributed by atoms with E-state index in [1.54, 1.807) is 23.1 Å². The van der Waals surface area contributed by atoms with Crippen LogP contribution in [0.1, 0.15) is 34.1 Å². The zero-order valence-corrected chi connectivity index (χ0v) is 17.6. The van der Waals surface area contributed by atoms with Crippen molar-refractivity contribution in [2.45, 2.75) is 50.8 Å². The predicted octanol–water partition coefficient (Wildman–Crippen LogP) is 3.25. The number of rotatable bonds is 2. The highest BCUT2D eigenvalue weighted by molar-refractivity contribution is 7.89. The van der Waals surface area contributed by atoms with Crippen molar-refractivity contribution < 1.29 is 17.9 Å². The molecule has 1 amide bonds. The van der Waals surface area contributed by atoms with E-state index in [-0.39, 0.29) is 17.6 Å². The fraction of sp³-hybridized carbons (Fsp3) is 0.500. The maximum absolute atomic E-state index is 13.4. The van der Waals surface area contributed by atoms with E-state index in [0.29, 0.717) is 24.9 Å². The third-order valence-electron chi connectivity index (χ3n) is 4.62. The number of hydrogen-bond donors (Lipinski definition) is 0. The number of ether oxygens (including phenoxy) is 1. The van der Waals surface area contributed by atoms with Crippen LogP contribution >= 0.6 is 0 Å². The summed E-state index contributed by atoms with van der Waals surface area (Å²) in [6.45, 7) is 8.31. The van der Waals surface area contributed by atoms with Gasteiger partial charge >= 0.3 is 6.09 Å². The Balaban J connectivity index is 1.88. The van der Waals surface area contributed by atoms with Gasteiger partial charge in [0.15, 0.2) is 5.03 Å². The van der Waals surface area contributed by atoms with Gasteiger partial charge in [-0.25, -0.2) is 18.2 Å². The number of fused-ring (bicyclic) bond motifs is 1. The number of pyridine rings is 1. The van der Waals surface area contributed by atoms with Crippen molar-refractivity contribution in [2.24, 2.45) is 0 Å². The van der Waals surface area contributed by atoms with Crippen LogP contribution in [0, 0.1) is 0 Å². The van der Waals surface area contributed by atoms with Gasteiger partial charge in [-0.05, 0) is 45.6 Å². The van der Waals surface area contributed by atoms with E-state index in [2.05, 4.69) is 4.98 Å². The molecule has 0 spiro atoms. The Hall–Kier alpha value is -2.19. The van der Waals surface area contributed by atoms with Gasteiger partial charge in [0.2, 0.25) is 0 Å². The summed E-state index contributed by atoms with van der Waals surface area (Å²) in [6, 6.07) is 8.72. The first-order chi connectivity index (χ1) is 13.1. The molecule has 1 atom stereocenters. The number of benzene rings is 1. The van der Waals surface area contributed by atoms with Gasteiger partial charge in [-0.3, -0.25) is 0 Å². The van der Waals surface area contributed by atoms with Crippen LogP contribution in [-0.4, -0.2) is 60.0 Å². The molecular formula is C20H27N3O4S. The molecular weight excluding hydrogens is 378 g/mol. The lowest BCUT2D eigenvalue weighted by atomic mass is 10.2. The fourth-order valence-corrected chi connectivity index (χ4v) is 5.19. The number of nitrogens with zero attached hydrogens (tertiary/aromatic N) is 3. The van der Waals surface area contributed by atoms with Gasteiger partial charge < -0.3 is 9.64 Å². The van der Waals surface area contributed by atoms with Gasteiger partial charge in [0.05, 0.1) is 0 Å². The number of carbonyl (C=O) groups is 1. The summed E-state index contributed by atoms with van der Waals surface area (Å²) in [6.07, 6.45) is 1.64. The van der Waals surface area contributed by atoms with Crippen LogP contribution < -0.4 is 0 Å². The minimum Gasteiger partial charge on any atom is -0.444 e. The summed E-state index contributed by atoms with van der Waals surface area (Å²) in [5.74, 6) is 0. The Morgan fingerprint density at radius 2 is 1.89 bits per heavy atom. The highest BCUT2D eigenvalue weighted by Crippen LogP contribution is 2.26. The monoisotopic (exact) mass is 405 g/mol. The Labute approximate surface area is 166 Å². The van der Waals surface area contributed by atoms with Gasteiger partial charge in [-0.1, -0.05) is 24.3 Å². The number of amides is 1. The van der Waals surface area contributed by atoms with Gasteiger partial charge in [0, 0.05) is 37.3 Å².